The number of carbonyl (C=O) groups excluding carboxylic acids is 1. The summed E-state index contributed by atoms with van der Waals surface area (Å²) in [5.74, 6) is 0. The molecule has 0 saturated carbocycles. The molecular weight excluding hydrogens is 158 g/mol. The maximum atomic E-state index is 10.5. The number of nitriles is 1. The highest BCUT2D eigenvalue weighted by Gasteiger charge is 2.09. The maximum Gasteiger partial charge on any atom is 0.509 e. The Kier molecular flexibility index (Phi) is 4.54. The SMILES string of the molecule is COC(=O)O[C@H](C#N)C=C(C)C. The molecule has 0 aromatic heterocycles. The second-order valence-electron chi connectivity index (χ2n) is 2.37. The molecule has 0 heterocycles. The van der Waals surface area contributed by atoms with Crippen LogP contribution in [0.15, 0.2) is 11.6 Å². The highest BCUT2D eigenvalue weighted by atomic mass is 16.7. The summed E-state index contributed by atoms with van der Waals surface area (Å²) < 4.78 is 8.78. The van der Waals surface area contributed by atoms with Crippen LogP contribution in [0.5, 0.6) is 0 Å². The van der Waals surface area contributed by atoms with Gasteiger partial charge in [-0.25, -0.2) is 4.79 Å². The molecule has 0 amide bonds. The molecule has 0 aliphatic rings. The molecule has 12 heavy (non-hydrogen) atoms. The molecule has 0 fully saturated rings. The molecule has 0 bridgehead atoms. The Bertz CT molecular complexity index is 223. The van der Waals surface area contributed by atoms with E-state index in [1.807, 2.05) is 13.8 Å². The van der Waals surface area contributed by atoms with E-state index >= 15 is 0 Å². The van der Waals surface area contributed by atoms with Crippen molar-refractivity contribution in [2.45, 2.75) is 20.0 Å². The van der Waals surface area contributed by atoms with E-state index < -0.39 is 12.3 Å². The number of hydrogen-bond donors (Lipinski definition) is 0. The summed E-state index contributed by atoms with van der Waals surface area (Å²) in [6.45, 7) is 3.62. The van der Waals surface area contributed by atoms with Gasteiger partial charge in [-0.15, -0.1) is 0 Å². The van der Waals surface area contributed by atoms with Crippen molar-refractivity contribution in [3.63, 3.8) is 0 Å². The Morgan fingerprint density at radius 2 is 2.17 bits per heavy atom. The van der Waals surface area contributed by atoms with E-state index in [1.54, 1.807) is 6.07 Å². The van der Waals surface area contributed by atoms with E-state index in [-0.39, 0.29) is 0 Å². The molecule has 0 spiro atoms. The topological polar surface area (TPSA) is 59.3 Å². The fourth-order valence-electron chi connectivity index (χ4n) is 0.552. The van der Waals surface area contributed by atoms with E-state index in [0.717, 1.165) is 5.57 Å². The van der Waals surface area contributed by atoms with Gasteiger partial charge in [0.25, 0.3) is 0 Å². The van der Waals surface area contributed by atoms with E-state index in [9.17, 15) is 4.79 Å². The zero-order valence-corrected chi connectivity index (χ0v) is 7.33. The molecule has 0 rings (SSSR count). The first-order valence-electron chi connectivity index (χ1n) is 3.39. The first kappa shape index (κ1) is 10.5. The lowest BCUT2D eigenvalue weighted by atomic mass is 10.2. The summed E-state index contributed by atoms with van der Waals surface area (Å²) in [6, 6.07) is 1.80. The fourth-order valence-corrected chi connectivity index (χ4v) is 0.552. The first-order chi connectivity index (χ1) is 5.60. The molecule has 4 nitrogen and oxygen atoms in total. The summed E-state index contributed by atoms with van der Waals surface area (Å²) >= 11 is 0. The molecule has 0 aliphatic heterocycles. The average Bonchev–Trinajstić information content (AvgIpc) is 2.02. The minimum Gasteiger partial charge on any atom is -0.438 e. The molecule has 0 aliphatic carbocycles. The minimum atomic E-state index is -0.859. The zero-order chi connectivity index (χ0) is 9.56. The molecule has 0 saturated heterocycles. The van der Waals surface area contributed by atoms with Crippen LogP contribution in [0.3, 0.4) is 0 Å². The van der Waals surface area contributed by atoms with Crippen molar-refractivity contribution in [2.75, 3.05) is 7.11 Å². The van der Waals surface area contributed by atoms with Crippen LogP contribution in [-0.2, 0) is 9.47 Å². The van der Waals surface area contributed by atoms with Gasteiger partial charge in [0.1, 0.15) is 6.07 Å². The van der Waals surface area contributed by atoms with Gasteiger partial charge in [-0.05, 0) is 19.9 Å². The zero-order valence-electron chi connectivity index (χ0n) is 7.33. The van der Waals surface area contributed by atoms with Crippen molar-refractivity contribution in [1.29, 1.82) is 5.26 Å². The molecule has 4 heteroatoms. The quantitative estimate of drug-likeness (QED) is 0.465. The Labute approximate surface area is 71.4 Å². The van der Waals surface area contributed by atoms with Gasteiger partial charge in [-0.3, -0.25) is 0 Å². The molecule has 0 N–H and O–H groups in total. The van der Waals surface area contributed by atoms with Gasteiger partial charge in [-0.2, -0.15) is 5.26 Å². The Hall–Kier alpha value is -1.50. The van der Waals surface area contributed by atoms with Crippen LogP contribution in [0.25, 0.3) is 0 Å². The Morgan fingerprint density at radius 3 is 2.50 bits per heavy atom. The third-order valence-electron chi connectivity index (χ3n) is 1.00. The number of rotatable bonds is 2. The summed E-state index contributed by atoms with van der Waals surface area (Å²) in [4.78, 5) is 10.5. The normalized spacial score (nSPS) is 10.8. The molecule has 0 aromatic rings. The van der Waals surface area contributed by atoms with Crippen LogP contribution in [0, 0.1) is 11.3 Å². The lowest BCUT2D eigenvalue weighted by Crippen LogP contribution is -2.14. The van der Waals surface area contributed by atoms with Crippen LogP contribution in [0.2, 0.25) is 0 Å². The molecule has 0 radical (unpaired) electrons. The van der Waals surface area contributed by atoms with E-state index in [1.165, 1.54) is 13.2 Å². The molecule has 0 unspecified atom stereocenters. The van der Waals surface area contributed by atoms with Gasteiger partial charge in [-0.1, -0.05) is 5.57 Å². The van der Waals surface area contributed by atoms with E-state index in [0.29, 0.717) is 0 Å². The lowest BCUT2D eigenvalue weighted by Gasteiger charge is -2.04. The fraction of sp³-hybridized carbons (Fsp3) is 0.500. The monoisotopic (exact) mass is 169 g/mol. The van der Waals surface area contributed by atoms with Crippen LogP contribution < -0.4 is 0 Å². The van der Waals surface area contributed by atoms with Crippen molar-refractivity contribution < 1.29 is 14.3 Å². The number of nitrogens with zero attached hydrogens (tertiary/aromatic N) is 1. The first-order valence-corrected chi connectivity index (χ1v) is 3.39. The largest absolute Gasteiger partial charge is 0.509 e. The van der Waals surface area contributed by atoms with Gasteiger partial charge in [0.15, 0.2) is 0 Å². The third kappa shape index (κ3) is 4.34. The molecular formula is C8H11NO3. The van der Waals surface area contributed by atoms with Gasteiger partial charge >= 0.3 is 6.16 Å². The summed E-state index contributed by atoms with van der Waals surface area (Å²) in [6.07, 6.45) is -0.168. The summed E-state index contributed by atoms with van der Waals surface area (Å²) in [7, 11) is 1.19. The maximum absolute atomic E-state index is 10.5. The van der Waals surface area contributed by atoms with E-state index in [4.69, 9.17) is 5.26 Å². The number of hydrogen-bond acceptors (Lipinski definition) is 4. The summed E-state index contributed by atoms with van der Waals surface area (Å²) in [5.41, 5.74) is 0.908. The predicted molar refractivity (Wildman–Crippen MR) is 42.3 cm³/mol. The van der Waals surface area contributed by atoms with Crippen molar-refractivity contribution in [1.82, 2.24) is 0 Å². The second kappa shape index (κ2) is 5.19. The number of allylic oxidation sites excluding steroid dienone is 1. The standard InChI is InChI=1S/C8H11NO3/c1-6(2)4-7(5-9)12-8(10)11-3/h4,7H,1-3H3/t7-/m0/s1. The Balaban J connectivity index is 4.12. The van der Waals surface area contributed by atoms with Crippen molar-refractivity contribution in [2.24, 2.45) is 0 Å². The van der Waals surface area contributed by atoms with Gasteiger partial charge in [0.2, 0.25) is 6.10 Å². The highest BCUT2D eigenvalue weighted by Crippen LogP contribution is 1.99. The third-order valence-corrected chi connectivity index (χ3v) is 1.00. The van der Waals surface area contributed by atoms with E-state index in [2.05, 4.69) is 9.47 Å². The smallest absolute Gasteiger partial charge is 0.438 e. The summed E-state index contributed by atoms with van der Waals surface area (Å²) in [5, 5.41) is 8.49. The van der Waals surface area contributed by atoms with Gasteiger partial charge in [0.05, 0.1) is 7.11 Å². The average molecular weight is 169 g/mol. The second-order valence-corrected chi connectivity index (χ2v) is 2.37. The minimum absolute atomic E-state index is 0.848. The van der Waals surface area contributed by atoms with Gasteiger partial charge in [0, 0.05) is 0 Å². The highest BCUT2D eigenvalue weighted by molar-refractivity contribution is 5.60. The van der Waals surface area contributed by atoms with Crippen LogP contribution in [0.4, 0.5) is 4.79 Å². The molecule has 0 aromatic carbocycles. The van der Waals surface area contributed by atoms with Gasteiger partial charge < -0.3 is 9.47 Å². The van der Waals surface area contributed by atoms with Crippen LogP contribution in [0.1, 0.15) is 13.8 Å². The Morgan fingerprint density at radius 1 is 1.58 bits per heavy atom. The predicted octanol–water partition coefficient (Wildman–Crippen LogP) is 1.63. The van der Waals surface area contributed by atoms with Crippen LogP contribution >= 0.6 is 0 Å². The molecule has 66 valence electrons. The molecule has 1 atom stereocenters. The van der Waals surface area contributed by atoms with Crippen LogP contribution in [-0.4, -0.2) is 19.4 Å². The van der Waals surface area contributed by atoms with Crippen molar-refractivity contribution >= 4 is 6.16 Å². The number of methoxy groups -OCH3 is 1. The number of ether oxygens (including phenoxy) is 2. The lowest BCUT2D eigenvalue weighted by molar-refractivity contribution is 0.0666. The van der Waals surface area contributed by atoms with Crippen molar-refractivity contribution in [3.8, 4) is 6.07 Å². The van der Waals surface area contributed by atoms with Crippen molar-refractivity contribution in [3.05, 3.63) is 11.6 Å². The number of carbonyl (C=O) groups is 1.